The normalized spacial score (nSPS) is 19.3. The summed E-state index contributed by atoms with van der Waals surface area (Å²) < 4.78 is 19.1. The summed E-state index contributed by atoms with van der Waals surface area (Å²) in [5.74, 6) is -0.618. The number of hydrogen-bond donors (Lipinski definition) is 1. The second kappa shape index (κ2) is 8.74. The van der Waals surface area contributed by atoms with Crippen LogP contribution in [-0.2, 0) is 20.7 Å². The van der Waals surface area contributed by atoms with Crippen LogP contribution in [0.15, 0.2) is 48.5 Å². The van der Waals surface area contributed by atoms with Gasteiger partial charge in [0.1, 0.15) is 5.82 Å². The molecule has 0 radical (unpaired) electrons. The largest absolute Gasteiger partial charge is 0.361 e. The first-order chi connectivity index (χ1) is 13.8. The fourth-order valence-electron chi connectivity index (χ4n) is 3.68. The van der Waals surface area contributed by atoms with E-state index in [2.05, 4.69) is 5.32 Å². The van der Waals surface area contributed by atoms with E-state index < -0.39 is 5.60 Å². The molecule has 1 unspecified atom stereocenters. The smallest absolute Gasteiger partial charge is 0.254 e. The number of carbonyl (C=O) groups excluding carboxylic acids is 2. The number of ether oxygens (including phenoxy) is 1. The number of morpholine rings is 1. The van der Waals surface area contributed by atoms with Crippen LogP contribution < -0.4 is 5.32 Å². The molecule has 1 fully saturated rings. The molecule has 0 aromatic heterocycles. The Bertz CT molecular complexity index is 865. The van der Waals surface area contributed by atoms with Gasteiger partial charge in [0.2, 0.25) is 5.91 Å². The van der Waals surface area contributed by atoms with E-state index in [0.717, 1.165) is 16.7 Å². The van der Waals surface area contributed by atoms with Crippen molar-refractivity contribution < 1.29 is 18.7 Å². The molecule has 1 saturated heterocycles. The molecule has 1 atom stereocenters. The van der Waals surface area contributed by atoms with Crippen molar-refractivity contribution in [2.24, 2.45) is 5.92 Å². The van der Waals surface area contributed by atoms with Crippen LogP contribution in [0.4, 0.5) is 4.39 Å². The number of rotatable bonds is 5. The monoisotopic (exact) mass is 398 g/mol. The standard InChI is InChI=1S/C23H27FN2O3/c1-16(2)21(27)26-12-13-29-23(15-26,22(28)25-3)14-17-4-6-18(7-5-17)19-8-10-20(24)11-9-19/h4-11,16H,12-15H2,1-3H3,(H,25,28). The maximum absolute atomic E-state index is 13.1. The summed E-state index contributed by atoms with van der Waals surface area (Å²) in [5, 5.41) is 2.69. The third kappa shape index (κ3) is 4.65. The number of nitrogens with one attached hydrogen (secondary N) is 1. The number of amides is 2. The van der Waals surface area contributed by atoms with Crippen molar-refractivity contribution in [2.45, 2.75) is 25.9 Å². The fraction of sp³-hybridized carbons (Fsp3) is 0.391. The Labute approximate surface area is 170 Å². The van der Waals surface area contributed by atoms with Crippen LogP contribution in [0, 0.1) is 11.7 Å². The molecule has 1 N–H and O–H groups in total. The first-order valence-corrected chi connectivity index (χ1v) is 9.84. The van der Waals surface area contributed by atoms with Crippen molar-refractivity contribution in [3.8, 4) is 11.1 Å². The van der Waals surface area contributed by atoms with Gasteiger partial charge < -0.3 is 15.0 Å². The van der Waals surface area contributed by atoms with Crippen molar-refractivity contribution in [2.75, 3.05) is 26.7 Å². The zero-order valence-corrected chi connectivity index (χ0v) is 17.1. The van der Waals surface area contributed by atoms with E-state index in [1.54, 1.807) is 24.1 Å². The number of halogens is 1. The predicted octanol–water partition coefficient (Wildman–Crippen LogP) is 3.03. The Hall–Kier alpha value is -2.73. The Balaban J connectivity index is 1.82. The van der Waals surface area contributed by atoms with E-state index >= 15 is 0 Å². The lowest BCUT2D eigenvalue weighted by atomic mass is 9.90. The van der Waals surface area contributed by atoms with E-state index in [1.807, 2.05) is 38.1 Å². The van der Waals surface area contributed by atoms with Gasteiger partial charge in [0.05, 0.1) is 13.2 Å². The average Bonchev–Trinajstić information content (AvgIpc) is 2.73. The maximum Gasteiger partial charge on any atom is 0.254 e. The molecule has 0 saturated carbocycles. The lowest BCUT2D eigenvalue weighted by molar-refractivity contribution is -0.167. The van der Waals surface area contributed by atoms with E-state index in [4.69, 9.17) is 4.74 Å². The lowest BCUT2D eigenvalue weighted by Crippen LogP contribution is -2.62. The van der Waals surface area contributed by atoms with Crippen LogP contribution in [0.3, 0.4) is 0 Å². The molecule has 3 rings (SSSR count). The second-order valence-corrected chi connectivity index (χ2v) is 7.72. The average molecular weight is 398 g/mol. The highest BCUT2D eigenvalue weighted by Gasteiger charge is 2.44. The Kier molecular flexibility index (Phi) is 6.33. The molecule has 1 aliphatic rings. The highest BCUT2D eigenvalue weighted by atomic mass is 19.1. The minimum atomic E-state index is -1.12. The first kappa shape index (κ1) is 21.0. The molecule has 0 aliphatic carbocycles. The predicted molar refractivity (Wildman–Crippen MR) is 110 cm³/mol. The molecule has 2 amide bonds. The Morgan fingerprint density at radius 2 is 1.69 bits per heavy atom. The number of benzene rings is 2. The summed E-state index contributed by atoms with van der Waals surface area (Å²) in [5.41, 5.74) is 1.69. The number of nitrogens with zero attached hydrogens (tertiary/aromatic N) is 1. The van der Waals surface area contributed by atoms with Gasteiger partial charge in [0.15, 0.2) is 5.60 Å². The summed E-state index contributed by atoms with van der Waals surface area (Å²) in [6, 6.07) is 14.1. The van der Waals surface area contributed by atoms with Crippen molar-refractivity contribution in [1.82, 2.24) is 10.2 Å². The van der Waals surface area contributed by atoms with Crippen molar-refractivity contribution in [3.05, 3.63) is 59.9 Å². The van der Waals surface area contributed by atoms with Gasteiger partial charge in [-0.2, -0.15) is 0 Å². The van der Waals surface area contributed by atoms with Gasteiger partial charge in [-0.25, -0.2) is 4.39 Å². The van der Waals surface area contributed by atoms with Crippen LogP contribution in [-0.4, -0.2) is 49.1 Å². The van der Waals surface area contributed by atoms with Crippen molar-refractivity contribution >= 4 is 11.8 Å². The lowest BCUT2D eigenvalue weighted by Gasteiger charge is -2.42. The Morgan fingerprint density at radius 1 is 1.10 bits per heavy atom. The summed E-state index contributed by atoms with van der Waals surface area (Å²) >= 11 is 0. The summed E-state index contributed by atoms with van der Waals surface area (Å²) in [4.78, 5) is 26.9. The molecule has 0 bridgehead atoms. The molecule has 1 heterocycles. The quantitative estimate of drug-likeness (QED) is 0.842. The SMILES string of the molecule is CNC(=O)C1(Cc2ccc(-c3ccc(F)cc3)cc2)CN(C(=O)C(C)C)CCO1. The van der Waals surface area contributed by atoms with Crippen LogP contribution in [0.25, 0.3) is 11.1 Å². The van der Waals surface area contributed by atoms with Gasteiger partial charge >= 0.3 is 0 Å². The van der Waals surface area contributed by atoms with E-state index in [-0.39, 0.29) is 30.1 Å². The zero-order valence-electron chi connectivity index (χ0n) is 17.1. The summed E-state index contributed by atoms with van der Waals surface area (Å²) in [6.45, 7) is 4.74. The number of carbonyl (C=O) groups is 2. The maximum atomic E-state index is 13.1. The number of likely N-dealkylation sites (N-methyl/N-ethyl adjacent to an activating group) is 1. The molecule has 2 aromatic carbocycles. The Morgan fingerprint density at radius 3 is 2.24 bits per heavy atom. The van der Waals surface area contributed by atoms with Crippen LogP contribution in [0.2, 0.25) is 0 Å². The molecule has 1 aliphatic heterocycles. The molecular formula is C23H27FN2O3. The summed E-state index contributed by atoms with van der Waals surface area (Å²) in [7, 11) is 1.58. The van der Waals surface area contributed by atoms with Gasteiger partial charge in [-0.3, -0.25) is 9.59 Å². The van der Waals surface area contributed by atoms with Gasteiger partial charge in [-0.15, -0.1) is 0 Å². The highest BCUT2D eigenvalue weighted by molar-refractivity contribution is 5.87. The summed E-state index contributed by atoms with van der Waals surface area (Å²) in [6.07, 6.45) is 0.359. The highest BCUT2D eigenvalue weighted by Crippen LogP contribution is 2.27. The molecular weight excluding hydrogens is 371 g/mol. The van der Waals surface area contributed by atoms with E-state index in [9.17, 15) is 14.0 Å². The van der Waals surface area contributed by atoms with Gasteiger partial charge in [-0.1, -0.05) is 50.2 Å². The van der Waals surface area contributed by atoms with Crippen LogP contribution in [0.5, 0.6) is 0 Å². The zero-order chi connectivity index (χ0) is 21.0. The molecule has 5 nitrogen and oxygen atoms in total. The second-order valence-electron chi connectivity index (χ2n) is 7.72. The first-order valence-electron chi connectivity index (χ1n) is 9.84. The van der Waals surface area contributed by atoms with Gasteiger partial charge in [0, 0.05) is 25.9 Å². The molecule has 2 aromatic rings. The van der Waals surface area contributed by atoms with Gasteiger partial charge in [0.25, 0.3) is 5.91 Å². The molecule has 6 heteroatoms. The van der Waals surface area contributed by atoms with E-state index in [0.29, 0.717) is 19.6 Å². The third-order valence-electron chi connectivity index (χ3n) is 5.25. The molecule has 0 spiro atoms. The third-order valence-corrected chi connectivity index (χ3v) is 5.25. The number of hydrogen-bond acceptors (Lipinski definition) is 3. The minimum Gasteiger partial charge on any atom is -0.361 e. The molecule has 29 heavy (non-hydrogen) atoms. The van der Waals surface area contributed by atoms with Crippen molar-refractivity contribution in [3.63, 3.8) is 0 Å². The van der Waals surface area contributed by atoms with Crippen molar-refractivity contribution in [1.29, 1.82) is 0 Å². The van der Waals surface area contributed by atoms with Crippen LogP contribution in [0.1, 0.15) is 19.4 Å². The topological polar surface area (TPSA) is 58.6 Å². The van der Waals surface area contributed by atoms with E-state index in [1.165, 1.54) is 12.1 Å². The molecule has 154 valence electrons. The van der Waals surface area contributed by atoms with Gasteiger partial charge in [-0.05, 0) is 28.8 Å². The fourth-order valence-corrected chi connectivity index (χ4v) is 3.68. The van der Waals surface area contributed by atoms with Crippen LogP contribution >= 0.6 is 0 Å². The minimum absolute atomic E-state index is 0.0215.